The topological polar surface area (TPSA) is 56.3 Å². The lowest BCUT2D eigenvalue weighted by molar-refractivity contribution is 0.410. The number of nitrogens with zero attached hydrogens (tertiary/aromatic N) is 2. The van der Waals surface area contributed by atoms with E-state index in [9.17, 15) is 0 Å². The van der Waals surface area contributed by atoms with E-state index in [-0.39, 0.29) is 5.92 Å². The van der Waals surface area contributed by atoms with E-state index >= 15 is 0 Å². The number of anilines is 1. The summed E-state index contributed by atoms with van der Waals surface area (Å²) < 4.78 is 11.9. The SMILES string of the molecule is CNc1ncnc(Oc2ccc(OC)cc2Br)c1C(C)C. The summed E-state index contributed by atoms with van der Waals surface area (Å²) in [6.45, 7) is 4.16. The van der Waals surface area contributed by atoms with Crippen LogP contribution in [0.15, 0.2) is 29.0 Å². The van der Waals surface area contributed by atoms with E-state index in [1.165, 1.54) is 6.33 Å². The maximum atomic E-state index is 5.95. The standard InChI is InChI=1S/C15H18BrN3O2/c1-9(2)13-14(17-3)18-8-19-15(13)21-12-6-5-10(20-4)7-11(12)16/h5-9H,1-4H3,(H,17,18,19). The minimum atomic E-state index is 0.237. The molecule has 0 aliphatic carbocycles. The minimum absolute atomic E-state index is 0.237. The highest BCUT2D eigenvalue weighted by atomic mass is 79.9. The smallest absolute Gasteiger partial charge is 0.227 e. The lowest BCUT2D eigenvalue weighted by atomic mass is 10.1. The molecule has 0 atom stereocenters. The first-order chi connectivity index (χ1) is 10.1. The highest BCUT2D eigenvalue weighted by Crippen LogP contribution is 2.36. The molecule has 1 aromatic carbocycles. The molecule has 0 saturated heterocycles. The van der Waals surface area contributed by atoms with Crippen LogP contribution in [0.2, 0.25) is 0 Å². The molecular formula is C15H18BrN3O2. The Labute approximate surface area is 132 Å². The maximum absolute atomic E-state index is 5.95. The third-order valence-electron chi connectivity index (χ3n) is 3.01. The molecule has 0 amide bonds. The molecule has 0 unspecified atom stereocenters. The van der Waals surface area contributed by atoms with E-state index in [0.29, 0.717) is 11.6 Å². The largest absolute Gasteiger partial charge is 0.497 e. The normalized spacial score (nSPS) is 10.6. The van der Waals surface area contributed by atoms with Gasteiger partial charge in [0.1, 0.15) is 23.6 Å². The van der Waals surface area contributed by atoms with Crippen molar-refractivity contribution in [3.05, 3.63) is 34.6 Å². The van der Waals surface area contributed by atoms with Crippen molar-refractivity contribution in [3.8, 4) is 17.4 Å². The van der Waals surface area contributed by atoms with Crippen LogP contribution in [0.1, 0.15) is 25.3 Å². The highest BCUT2D eigenvalue weighted by molar-refractivity contribution is 9.10. The molecule has 5 nitrogen and oxygen atoms in total. The Morgan fingerprint density at radius 1 is 1.24 bits per heavy atom. The lowest BCUT2D eigenvalue weighted by Crippen LogP contribution is -2.04. The van der Waals surface area contributed by atoms with Crippen LogP contribution in [-0.4, -0.2) is 24.1 Å². The van der Waals surface area contributed by atoms with E-state index in [1.54, 1.807) is 7.11 Å². The second kappa shape index (κ2) is 6.76. The number of rotatable bonds is 5. The molecule has 2 aromatic rings. The fourth-order valence-corrected chi connectivity index (χ4v) is 2.41. The fraction of sp³-hybridized carbons (Fsp3) is 0.333. The Balaban J connectivity index is 2.40. The number of hydrogen-bond acceptors (Lipinski definition) is 5. The van der Waals surface area contributed by atoms with Gasteiger partial charge < -0.3 is 14.8 Å². The van der Waals surface area contributed by atoms with Gasteiger partial charge in [0.25, 0.3) is 0 Å². The monoisotopic (exact) mass is 351 g/mol. The molecular weight excluding hydrogens is 334 g/mol. The van der Waals surface area contributed by atoms with Gasteiger partial charge in [0.15, 0.2) is 0 Å². The average Bonchev–Trinajstić information content (AvgIpc) is 2.48. The van der Waals surface area contributed by atoms with Gasteiger partial charge >= 0.3 is 0 Å². The van der Waals surface area contributed by atoms with E-state index in [4.69, 9.17) is 9.47 Å². The van der Waals surface area contributed by atoms with Crippen molar-refractivity contribution < 1.29 is 9.47 Å². The first kappa shape index (κ1) is 15.6. The average molecular weight is 352 g/mol. The number of nitrogens with one attached hydrogen (secondary N) is 1. The molecule has 2 rings (SSSR count). The molecule has 1 N–H and O–H groups in total. The van der Waals surface area contributed by atoms with E-state index in [2.05, 4.69) is 45.1 Å². The van der Waals surface area contributed by atoms with E-state index < -0.39 is 0 Å². The van der Waals surface area contributed by atoms with Crippen LogP contribution in [-0.2, 0) is 0 Å². The Morgan fingerprint density at radius 3 is 2.57 bits per heavy atom. The summed E-state index contributed by atoms with van der Waals surface area (Å²) in [5.41, 5.74) is 0.947. The Kier molecular flexibility index (Phi) is 5.01. The second-order valence-corrected chi connectivity index (χ2v) is 5.60. The summed E-state index contributed by atoms with van der Waals surface area (Å²) >= 11 is 3.48. The first-order valence-corrected chi connectivity index (χ1v) is 7.40. The molecule has 1 heterocycles. The van der Waals surface area contributed by atoms with Crippen molar-refractivity contribution in [1.29, 1.82) is 0 Å². The zero-order valence-corrected chi connectivity index (χ0v) is 14.1. The fourth-order valence-electron chi connectivity index (χ4n) is 1.98. The predicted octanol–water partition coefficient (Wildman–Crippen LogP) is 4.21. The quantitative estimate of drug-likeness (QED) is 0.874. The van der Waals surface area contributed by atoms with Crippen molar-refractivity contribution in [1.82, 2.24) is 9.97 Å². The van der Waals surface area contributed by atoms with Gasteiger partial charge in [0.05, 0.1) is 17.1 Å². The first-order valence-electron chi connectivity index (χ1n) is 6.60. The third-order valence-corrected chi connectivity index (χ3v) is 3.63. The summed E-state index contributed by atoms with van der Waals surface area (Å²) in [4.78, 5) is 8.50. The molecule has 112 valence electrons. The van der Waals surface area contributed by atoms with Crippen molar-refractivity contribution in [2.75, 3.05) is 19.5 Å². The van der Waals surface area contributed by atoms with Crippen molar-refractivity contribution in [2.45, 2.75) is 19.8 Å². The molecule has 6 heteroatoms. The van der Waals surface area contributed by atoms with Gasteiger partial charge in [-0.2, -0.15) is 0 Å². The molecule has 21 heavy (non-hydrogen) atoms. The molecule has 0 spiro atoms. The van der Waals surface area contributed by atoms with Crippen LogP contribution < -0.4 is 14.8 Å². The molecule has 0 bridgehead atoms. The van der Waals surface area contributed by atoms with Crippen LogP contribution in [0.3, 0.4) is 0 Å². The van der Waals surface area contributed by atoms with Crippen LogP contribution in [0.4, 0.5) is 5.82 Å². The summed E-state index contributed by atoms with van der Waals surface area (Å²) in [5, 5.41) is 3.07. The van der Waals surface area contributed by atoms with Gasteiger partial charge in [-0.15, -0.1) is 0 Å². The van der Waals surface area contributed by atoms with Gasteiger partial charge in [-0.3, -0.25) is 0 Å². The number of aromatic nitrogens is 2. The van der Waals surface area contributed by atoms with E-state index in [0.717, 1.165) is 21.6 Å². The third kappa shape index (κ3) is 3.44. The zero-order valence-electron chi connectivity index (χ0n) is 12.5. The van der Waals surface area contributed by atoms with Gasteiger partial charge in [-0.25, -0.2) is 9.97 Å². The Bertz CT molecular complexity index is 632. The second-order valence-electron chi connectivity index (χ2n) is 4.74. The number of halogens is 1. The van der Waals surface area contributed by atoms with Gasteiger partial charge in [-0.05, 0) is 40.0 Å². The molecule has 0 saturated carbocycles. The van der Waals surface area contributed by atoms with Gasteiger partial charge in [-0.1, -0.05) is 13.8 Å². The summed E-state index contributed by atoms with van der Waals surface area (Å²) in [6, 6.07) is 5.54. The van der Waals surface area contributed by atoms with Crippen LogP contribution >= 0.6 is 15.9 Å². The van der Waals surface area contributed by atoms with E-state index in [1.807, 2.05) is 25.2 Å². The maximum Gasteiger partial charge on any atom is 0.227 e. The van der Waals surface area contributed by atoms with Crippen LogP contribution in [0.25, 0.3) is 0 Å². The summed E-state index contributed by atoms with van der Waals surface area (Å²) in [6.07, 6.45) is 1.49. The highest BCUT2D eigenvalue weighted by Gasteiger charge is 2.17. The Hall–Kier alpha value is -1.82. The number of hydrogen-bond donors (Lipinski definition) is 1. The van der Waals surface area contributed by atoms with Gasteiger partial charge in [0, 0.05) is 7.05 Å². The molecule has 0 radical (unpaired) electrons. The molecule has 0 aliphatic rings. The molecule has 0 aliphatic heterocycles. The summed E-state index contributed by atoms with van der Waals surface area (Å²) in [5.74, 6) is 3.01. The minimum Gasteiger partial charge on any atom is -0.497 e. The Morgan fingerprint density at radius 2 is 2.00 bits per heavy atom. The summed E-state index contributed by atoms with van der Waals surface area (Å²) in [7, 11) is 3.46. The van der Waals surface area contributed by atoms with Crippen molar-refractivity contribution in [3.63, 3.8) is 0 Å². The number of methoxy groups -OCH3 is 1. The van der Waals surface area contributed by atoms with Crippen LogP contribution in [0, 0.1) is 0 Å². The molecule has 1 aromatic heterocycles. The lowest BCUT2D eigenvalue weighted by Gasteiger charge is -2.16. The van der Waals surface area contributed by atoms with Crippen molar-refractivity contribution >= 4 is 21.7 Å². The number of ether oxygens (including phenoxy) is 2. The predicted molar refractivity (Wildman–Crippen MR) is 86.4 cm³/mol. The van der Waals surface area contributed by atoms with Crippen molar-refractivity contribution in [2.24, 2.45) is 0 Å². The number of benzene rings is 1. The van der Waals surface area contributed by atoms with Gasteiger partial charge in [0.2, 0.25) is 5.88 Å². The van der Waals surface area contributed by atoms with Crippen LogP contribution in [0.5, 0.6) is 17.4 Å². The zero-order chi connectivity index (χ0) is 15.4. The molecule has 0 fully saturated rings.